The van der Waals surface area contributed by atoms with E-state index in [-0.39, 0.29) is 40.3 Å². The minimum Gasteiger partial charge on any atom is -0.469 e. The molecular formula is C21H32O5. The van der Waals surface area contributed by atoms with Gasteiger partial charge in [0.25, 0.3) is 0 Å². The number of rotatable bonds is 1. The maximum atomic E-state index is 13.4. The smallest absolute Gasteiger partial charge is 0.309 e. The van der Waals surface area contributed by atoms with E-state index in [4.69, 9.17) is 4.74 Å². The summed E-state index contributed by atoms with van der Waals surface area (Å²) in [6, 6.07) is 0. The zero-order valence-electron chi connectivity index (χ0n) is 16.1. The molecule has 0 amide bonds. The van der Waals surface area contributed by atoms with Crippen molar-refractivity contribution in [2.45, 2.75) is 71.0 Å². The molecule has 0 aromatic rings. The van der Waals surface area contributed by atoms with E-state index >= 15 is 0 Å². The van der Waals surface area contributed by atoms with Crippen molar-refractivity contribution in [2.24, 2.45) is 40.4 Å². The first-order valence-corrected chi connectivity index (χ1v) is 10.2. The molecule has 0 spiro atoms. The molecule has 9 atom stereocenters. The monoisotopic (exact) mass is 364 g/mol. The molecule has 2 N–H and O–H groups in total. The molecule has 0 bridgehead atoms. The third-order valence-electron chi connectivity index (χ3n) is 8.90. The molecule has 0 aromatic carbocycles. The van der Waals surface area contributed by atoms with E-state index in [1.807, 2.05) is 0 Å². The van der Waals surface area contributed by atoms with E-state index in [2.05, 4.69) is 13.8 Å². The van der Waals surface area contributed by atoms with Gasteiger partial charge in [0.15, 0.2) is 0 Å². The number of Topliss-reactive ketones (excluding diaryl/α,β-unsaturated/α-hetero) is 1. The molecule has 5 heteroatoms. The average Bonchev–Trinajstić information content (AvgIpc) is 2.94. The van der Waals surface area contributed by atoms with Gasteiger partial charge in [0, 0.05) is 12.3 Å². The van der Waals surface area contributed by atoms with Gasteiger partial charge in [0.1, 0.15) is 5.78 Å². The fourth-order valence-electron chi connectivity index (χ4n) is 7.66. The lowest BCUT2D eigenvalue weighted by Crippen LogP contribution is -2.61. The summed E-state index contributed by atoms with van der Waals surface area (Å²) in [4.78, 5) is 25.7. The Morgan fingerprint density at radius 2 is 1.73 bits per heavy atom. The number of methoxy groups -OCH3 is 1. The maximum absolute atomic E-state index is 13.4. The highest BCUT2D eigenvalue weighted by Gasteiger charge is 2.65. The Labute approximate surface area is 155 Å². The van der Waals surface area contributed by atoms with Crippen LogP contribution in [0.1, 0.15) is 58.8 Å². The van der Waals surface area contributed by atoms with Gasteiger partial charge in [-0.05, 0) is 67.1 Å². The number of aliphatic hydroxyl groups is 2. The predicted octanol–water partition coefficient (Wildman–Crippen LogP) is 2.33. The van der Waals surface area contributed by atoms with E-state index in [9.17, 15) is 19.8 Å². The lowest BCUT2D eigenvalue weighted by Gasteiger charge is -2.60. The van der Waals surface area contributed by atoms with Crippen LogP contribution in [0.3, 0.4) is 0 Å². The Balaban J connectivity index is 1.68. The van der Waals surface area contributed by atoms with Crippen LogP contribution in [0, 0.1) is 40.4 Å². The SMILES string of the molecule is COC(=O)C1CC[C@H]2[C@@H]3CCC4C(O)C(O)CC[C@]4(C)[C@H]3C(=O)C[C@]12C. The molecule has 26 heavy (non-hydrogen) atoms. The third-order valence-corrected chi connectivity index (χ3v) is 8.90. The number of ketones is 1. The van der Waals surface area contributed by atoms with Crippen LogP contribution in [0.4, 0.5) is 0 Å². The average molecular weight is 364 g/mol. The molecule has 4 aliphatic carbocycles. The van der Waals surface area contributed by atoms with Gasteiger partial charge in [-0.15, -0.1) is 0 Å². The molecule has 0 aromatic heterocycles. The molecule has 146 valence electrons. The van der Waals surface area contributed by atoms with Crippen molar-refractivity contribution in [2.75, 3.05) is 7.11 Å². The minimum absolute atomic E-state index is 0.00128. The van der Waals surface area contributed by atoms with Crippen LogP contribution in [-0.4, -0.2) is 41.3 Å². The molecule has 0 radical (unpaired) electrons. The van der Waals surface area contributed by atoms with Crippen LogP contribution in [0.5, 0.6) is 0 Å². The maximum Gasteiger partial charge on any atom is 0.309 e. The normalized spacial score (nSPS) is 53.4. The van der Waals surface area contributed by atoms with E-state index in [1.54, 1.807) is 0 Å². The number of carbonyl (C=O) groups is 2. The Morgan fingerprint density at radius 3 is 2.42 bits per heavy atom. The second-order valence-electron chi connectivity index (χ2n) is 9.84. The van der Waals surface area contributed by atoms with Crippen LogP contribution in [0.2, 0.25) is 0 Å². The van der Waals surface area contributed by atoms with Crippen LogP contribution in [-0.2, 0) is 14.3 Å². The second kappa shape index (κ2) is 6.03. The first-order chi connectivity index (χ1) is 12.2. The van der Waals surface area contributed by atoms with Crippen molar-refractivity contribution in [3.63, 3.8) is 0 Å². The van der Waals surface area contributed by atoms with Crippen molar-refractivity contribution in [3.05, 3.63) is 0 Å². The largest absolute Gasteiger partial charge is 0.469 e. The Hall–Kier alpha value is -0.940. The second-order valence-corrected chi connectivity index (χ2v) is 9.84. The molecule has 0 aliphatic heterocycles. The van der Waals surface area contributed by atoms with Gasteiger partial charge in [-0.1, -0.05) is 13.8 Å². The van der Waals surface area contributed by atoms with Gasteiger partial charge in [-0.2, -0.15) is 0 Å². The molecule has 4 rings (SSSR count). The lowest BCUT2D eigenvalue weighted by atomic mass is 9.44. The number of esters is 1. The highest BCUT2D eigenvalue weighted by Crippen LogP contribution is 2.66. The predicted molar refractivity (Wildman–Crippen MR) is 95.0 cm³/mol. The first kappa shape index (κ1) is 18.4. The summed E-state index contributed by atoms with van der Waals surface area (Å²) >= 11 is 0. The minimum atomic E-state index is -0.720. The first-order valence-electron chi connectivity index (χ1n) is 10.2. The molecule has 5 nitrogen and oxygen atoms in total. The van der Waals surface area contributed by atoms with Gasteiger partial charge in [0.05, 0.1) is 25.2 Å². The molecule has 4 unspecified atom stereocenters. The molecular weight excluding hydrogens is 332 g/mol. The summed E-state index contributed by atoms with van der Waals surface area (Å²) in [5.41, 5.74) is -0.523. The van der Waals surface area contributed by atoms with Crippen molar-refractivity contribution >= 4 is 11.8 Å². The van der Waals surface area contributed by atoms with Crippen LogP contribution >= 0.6 is 0 Å². The van der Waals surface area contributed by atoms with E-state index < -0.39 is 12.2 Å². The lowest BCUT2D eigenvalue weighted by molar-refractivity contribution is -0.182. The number of carbonyl (C=O) groups excluding carboxylic acids is 2. The van der Waals surface area contributed by atoms with Gasteiger partial charge < -0.3 is 14.9 Å². The Morgan fingerprint density at radius 1 is 1.04 bits per heavy atom. The summed E-state index contributed by atoms with van der Waals surface area (Å²) in [5, 5.41) is 20.7. The summed E-state index contributed by atoms with van der Waals surface area (Å²) < 4.78 is 5.04. The Kier molecular flexibility index (Phi) is 4.27. The third kappa shape index (κ3) is 2.29. The van der Waals surface area contributed by atoms with Gasteiger partial charge >= 0.3 is 5.97 Å². The van der Waals surface area contributed by atoms with Gasteiger partial charge in [-0.3, -0.25) is 9.59 Å². The van der Waals surface area contributed by atoms with Crippen molar-refractivity contribution in [1.82, 2.24) is 0 Å². The van der Waals surface area contributed by atoms with E-state index in [0.29, 0.717) is 24.7 Å². The van der Waals surface area contributed by atoms with Crippen LogP contribution in [0.25, 0.3) is 0 Å². The molecule has 4 saturated carbocycles. The van der Waals surface area contributed by atoms with Gasteiger partial charge in [0.2, 0.25) is 0 Å². The van der Waals surface area contributed by atoms with Gasteiger partial charge in [-0.25, -0.2) is 0 Å². The summed E-state index contributed by atoms with van der Waals surface area (Å²) in [7, 11) is 1.44. The quantitative estimate of drug-likeness (QED) is 0.698. The number of hydrogen-bond donors (Lipinski definition) is 2. The van der Waals surface area contributed by atoms with E-state index in [0.717, 1.165) is 32.1 Å². The molecule has 4 aliphatic rings. The fraction of sp³-hybridized carbons (Fsp3) is 0.905. The number of ether oxygens (including phenoxy) is 1. The highest BCUT2D eigenvalue weighted by atomic mass is 16.5. The zero-order chi connectivity index (χ0) is 18.9. The molecule has 4 fully saturated rings. The fourth-order valence-corrected chi connectivity index (χ4v) is 7.66. The number of fused-ring (bicyclic) bond motifs is 5. The summed E-state index contributed by atoms with van der Waals surface area (Å²) in [5.74, 6) is 0.538. The topological polar surface area (TPSA) is 83.8 Å². The number of hydrogen-bond acceptors (Lipinski definition) is 5. The number of aliphatic hydroxyl groups excluding tert-OH is 2. The molecule has 0 saturated heterocycles. The van der Waals surface area contributed by atoms with Crippen molar-refractivity contribution < 1.29 is 24.5 Å². The van der Waals surface area contributed by atoms with Crippen molar-refractivity contribution in [1.29, 1.82) is 0 Å². The summed E-state index contributed by atoms with van der Waals surface area (Å²) in [6.07, 6.45) is 3.99. The van der Waals surface area contributed by atoms with E-state index in [1.165, 1.54) is 7.11 Å². The zero-order valence-corrected chi connectivity index (χ0v) is 16.1. The summed E-state index contributed by atoms with van der Waals surface area (Å²) in [6.45, 7) is 4.28. The van der Waals surface area contributed by atoms with Crippen LogP contribution < -0.4 is 0 Å². The highest BCUT2D eigenvalue weighted by molar-refractivity contribution is 5.86. The Bertz CT molecular complexity index is 618. The molecule has 0 heterocycles. The standard InChI is InChI=1S/C21H32O5/c1-20-9-8-15(22)18(24)13(20)5-4-11-12-6-7-14(19(25)26-3)21(12,2)10-16(23)17(11)20/h11-15,17-18,22,24H,4-10H2,1-3H3/t11-,12-,13?,14?,15?,17+,18?,20-,21-/m0/s1. The van der Waals surface area contributed by atoms with Crippen LogP contribution in [0.15, 0.2) is 0 Å². The van der Waals surface area contributed by atoms with Crippen molar-refractivity contribution in [3.8, 4) is 0 Å².